The molecule has 2 heterocycles. The van der Waals surface area contributed by atoms with E-state index in [0.29, 0.717) is 16.4 Å². The molecule has 134 valence electrons. The van der Waals surface area contributed by atoms with E-state index in [9.17, 15) is 9.59 Å². The van der Waals surface area contributed by atoms with Crippen LogP contribution in [0.3, 0.4) is 0 Å². The quantitative estimate of drug-likeness (QED) is 0.738. The van der Waals surface area contributed by atoms with Gasteiger partial charge in [-0.2, -0.15) is 0 Å². The van der Waals surface area contributed by atoms with E-state index in [0.717, 1.165) is 16.9 Å². The third-order valence-electron chi connectivity index (χ3n) is 4.36. The number of anilines is 1. The normalized spacial score (nSPS) is 13.0. The van der Waals surface area contributed by atoms with Crippen molar-refractivity contribution in [2.24, 2.45) is 0 Å². The van der Waals surface area contributed by atoms with E-state index < -0.39 is 0 Å². The number of amides is 2. The molecule has 0 saturated carbocycles. The second-order valence-electron chi connectivity index (χ2n) is 6.23. The van der Waals surface area contributed by atoms with E-state index in [1.165, 1.54) is 21.8 Å². The van der Waals surface area contributed by atoms with Gasteiger partial charge in [0, 0.05) is 34.3 Å². The number of rotatable bonds is 5. The first-order valence-corrected chi connectivity index (χ1v) is 9.32. The van der Waals surface area contributed by atoms with Crippen molar-refractivity contribution in [3.05, 3.63) is 88.9 Å². The number of nitrogens with zero attached hydrogens (tertiary/aromatic N) is 2. The van der Waals surface area contributed by atoms with E-state index in [1.54, 1.807) is 18.3 Å². The Balaban J connectivity index is 1.39. The Labute approximate surface area is 161 Å². The number of hydrogen-bond acceptors (Lipinski definition) is 4. The molecule has 1 aliphatic heterocycles. The molecule has 0 fully saturated rings. The van der Waals surface area contributed by atoms with Gasteiger partial charge in [0.15, 0.2) is 5.13 Å². The molecule has 1 N–H and O–H groups in total. The summed E-state index contributed by atoms with van der Waals surface area (Å²) in [5.74, 6) is -0.493. The number of fused-ring (bicyclic) bond motifs is 1. The Morgan fingerprint density at radius 2 is 1.78 bits per heavy atom. The van der Waals surface area contributed by atoms with Crippen molar-refractivity contribution >= 4 is 34.0 Å². The Morgan fingerprint density at radius 1 is 1.07 bits per heavy atom. The SMILES string of the molecule is C=C1c2ccccc2C(=O)N1CC(=O)Nc1ncc(Cc2ccccc2)s1. The molecule has 0 unspecified atom stereocenters. The first kappa shape index (κ1) is 17.2. The molecule has 2 aromatic carbocycles. The predicted molar refractivity (Wildman–Crippen MR) is 107 cm³/mol. The van der Waals surface area contributed by atoms with Gasteiger partial charge in [0.25, 0.3) is 5.91 Å². The highest BCUT2D eigenvalue weighted by molar-refractivity contribution is 7.15. The fourth-order valence-electron chi connectivity index (χ4n) is 3.05. The van der Waals surface area contributed by atoms with Gasteiger partial charge in [-0.05, 0) is 11.6 Å². The summed E-state index contributed by atoms with van der Waals surface area (Å²) in [7, 11) is 0. The minimum absolute atomic E-state index is 0.0834. The lowest BCUT2D eigenvalue weighted by Gasteiger charge is -2.16. The summed E-state index contributed by atoms with van der Waals surface area (Å²) in [6, 6.07) is 17.3. The lowest BCUT2D eigenvalue weighted by Crippen LogP contribution is -2.32. The first-order chi connectivity index (χ1) is 13.1. The van der Waals surface area contributed by atoms with E-state index in [4.69, 9.17) is 0 Å². The van der Waals surface area contributed by atoms with Crippen LogP contribution in [0, 0.1) is 0 Å². The topological polar surface area (TPSA) is 62.3 Å². The number of carbonyl (C=O) groups is 2. The average Bonchev–Trinajstić information content (AvgIpc) is 3.21. The smallest absolute Gasteiger partial charge is 0.259 e. The van der Waals surface area contributed by atoms with Crippen LogP contribution in [0.25, 0.3) is 5.70 Å². The summed E-state index contributed by atoms with van der Waals surface area (Å²) in [5, 5.41) is 3.30. The summed E-state index contributed by atoms with van der Waals surface area (Å²) in [6.07, 6.45) is 2.54. The van der Waals surface area contributed by atoms with Gasteiger partial charge in [0.2, 0.25) is 5.91 Å². The molecule has 4 rings (SSSR count). The Morgan fingerprint density at radius 3 is 2.52 bits per heavy atom. The molecule has 27 heavy (non-hydrogen) atoms. The van der Waals surface area contributed by atoms with Crippen LogP contribution in [0.5, 0.6) is 0 Å². The van der Waals surface area contributed by atoms with Crippen molar-refractivity contribution in [1.82, 2.24) is 9.88 Å². The maximum Gasteiger partial charge on any atom is 0.259 e. The number of thiazole rings is 1. The standard InChI is InChI=1S/C21H17N3O2S/c1-14-17-9-5-6-10-18(17)20(26)24(14)13-19(25)23-21-22-12-16(27-21)11-15-7-3-2-4-8-15/h2-10,12H,1,11,13H2,(H,22,23,25). The summed E-state index contributed by atoms with van der Waals surface area (Å²) < 4.78 is 0. The number of hydrogen-bond donors (Lipinski definition) is 1. The second-order valence-corrected chi connectivity index (χ2v) is 7.34. The molecule has 0 aliphatic carbocycles. The van der Waals surface area contributed by atoms with Crippen LogP contribution < -0.4 is 5.32 Å². The fraction of sp³-hybridized carbons (Fsp3) is 0.0952. The van der Waals surface area contributed by atoms with Crippen LogP contribution in [0.2, 0.25) is 0 Å². The highest BCUT2D eigenvalue weighted by Gasteiger charge is 2.31. The van der Waals surface area contributed by atoms with Crippen LogP contribution in [0.4, 0.5) is 5.13 Å². The lowest BCUT2D eigenvalue weighted by molar-refractivity contribution is -0.116. The van der Waals surface area contributed by atoms with Gasteiger partial charge >= 0.3 is 0 Å². The van der Waals surface area contributed by atoms with Crippen molar-refractivity contribution in [1.29, 1.82) is 0 Å². The molecule has 1 aromatic heterocycles. The van der Waals surface area contributed by atoms with Crippen molar-refractivity contribution in [2.75, 3.05) is 11.9 Å². The monoisotopic (exact) mass is 375 g/mol. The van der Waals surface area contributed by atoms with Crippen LogP contribution in [0.15, 0.2) is 67.4 Å². The number of benzene rings is 2. The van der Waals surface area contributed by atoms with Gasteiger partial charge in [-0.1, -0.05) is 55.1 Å². The van der Waals surface area contributed by atoms with E-state index in [1.807, 2.05) is 30.3 Å². The van der Waals surface area contributed by atoms with Gasteiger partial charge in [-0.15, -0.1) is 11.3 Å². The van der Waals surface area contributed by atoms with Gasteiger partial charge in [-0.3, -0.25) is 14.5 Å². The Kier molecular flexibility index (Phi) is 4.56. The van der Waals surface area contributed by atoms with E-state index in [-0.39, 0.29) is 18.4 Å². The maximum absolute atomic E-state index is 12.5. The van der Waals surface area contributed by atoms with Crippen molar-refractivity contribution in [3.8, 4) is 0 Å². The van der Waals surface area contributed by atoms with Crippen LogP contribution in [0.1, 0.15) is 26.4 Å². The van der Waals surface area contributed by atoms with Crippen molar-refractivity contribution in [3.63, 3.8) is 0 Å². The largest absolute Gasteiger partial charge is 0.300 e. The zero-order valence-corrected chi connectivity index (χ0v) is 15.3. The number of nitrogens with one attached hydrogen (secondary N) is 1. The molecular formula is C21H17N3O2S. The van der Waals surface area contributed by atoms with Gasteiger partial charge in [0.1, 0.15) is 6.54 Å². The molecule has 0 saturated heterocycles. The summed E-state index contributed by atoms with van der Waals surface area (Å²) in [6.45, 7) is 3.87. The third-order valence-corrected chi connectivity index (χ3v) is 5.27. The summed E-state index contributed by atoms with van der Waals surface area (Å²) in [4.78, 5) is 31.6. The third kappa shape index (κ3) is 3.52. The molecule has 5 nitrogen and oxygen atoms in total. The van der Waals surface area contributed by atoms with Crippen LogP contribution in [-0.4, -0.2) is 28.2 Å². The van der Waals surface area contributed by atoms with E-state index >= 15 is 0 Å². The molecular weight excluding hydrogens is 358 g/mol. The summed E-state index contributed by atoms with van der Waals surface area (Å²) in [5.41, 5.74) is 3.09. The predicted octanol–water partition coefficient (Wildman–Crippen LogP) is 3.80. The second kappa shape index (κ2) is 7.17. The van der Waals surface area contributed by atoms with Gasteiger partial charge in [0.05, 0.1) is 0 Å². The van der Waals surface area contributed by atoms with Crippen LogP contribution in [-0.2, 0) is 11.2 Å². The molecule has 0 radical (unpaired) electrons. The van der Waals surface area contributed by atoms with Gasteiger partial charge < -0.3 is 5.32 Å². The van der Waals surface area contributed by atoms with Crippen molar-refractivity contribution in [2.45, 2.75) is 6.42 Å². The zero-order chi connectivity index (χ0) is 18.8. The fourth-order valence-corrected chi connectivity index (χ4v) is 3.91. The highest BCUT2D eigenvalue weighted by Crippen LogP contribution is 2.31. The first-order valence-electron chi connectivity index (χ1n) is 8.50. The van der Waals surface area contributed by atoms with Gasteiger partial charge in [-0.25, -0.2) is 4.98 Å². The molecule has 0 atom stereocenters. The maximum atomic E-state index is 12.5. The highest BCUT2D eigenvalue weighted by atomic mass is 32.1. The minimum Gasteiger partial charge on any atom is -0.300 e. The molecule has 3 aromatic rings. The van der Waals surface area contributed by atoms with Crippen LogP contribution >= 0.6 is 11.3 Å². The molecule has 6 heteroatoms. The van der Waals surface area contributed by atoms with E-state index in [2.05, 4.69) is 29.0 Å². The number of carbonyl (C=O) groups excluding carboxylic acids is 2. The minimum atomic E-state index is -0.294. The number of aromatic nitrogens is 1. The average molecular weight is 375 g/mol. The Bertz CT molecular complexity index is 992. The Hall–Kier alpha value is -3.25. The molecule has 0 spiro atoms. The molecule has 0 bridgehead atoms. The summed E-state index contributed by atoms with van der Waals surface area (Å²) >= 11 is 1.43. The van der Waals surface area contributed by atoms with Crippen molar-refractivity contribution < 1.29 is 9.59 Å². The zero-order valence-electron chi connectivity index (χ0n) is 14.5. The molecule has 2 amide bonds. The lowest BCUT2D eigenvalue weighted by atomic mass is 10.1. The molecule has 1 aliphatic rings.